The Hall–Kier alpha value is -4.06. The van der Waals surface area contributed by atoms with E-state index < -0.39 is 41.8 Å². The summed E-state index contributed by atoms with van der Waals surface area (Å²) in [5.74, 6) is -1.55. The molecule has 0 saturated heterocycles. The van der Waals surface area contributed by atoms with E-state index in [0.717, 1.165) is 5.56 Å². The Balaban J connectivity index is 0.0000144. The molecule has 1 aromatic carbocycles. The quantitative estimate of drug-likeness (QED) is 0.0356. The lowest BCUT2D eigenvalue weighted by Gasteiger charge is -2.24. The van der Waals surface area contributed by atoms with Crippen LogP contribution in [0.4, 0.5) is 0 Å². The first-order chi connectivity index (χ1) is 18.1. The van der Waals surface area contributed by atoms with E-state index in [4.69, 9.17) is 20.9 Å². The molecule has 3 amide bonds. The second kappa shape index (κ2) is 19.1. The molecule has 12 nitrogen and oxygen atoms in total. The fourth-order valence-corrected chi connectivity index (χ4v) is 3.44. The van der Waals surface area contributed by atoms with E-state index in [1.165, 1.54) is 20.1 Å². The minimum atomic E-state index is -1.02. The summed E-state index contributed by atoms with van der Waals surface area (Å²) in [6, 6.07) is 4.10. The molecule has 0 bridgehead atoms. The van der Waals surface area contributed by atoms with Gasteiger partial charge in [-0.25, -0.2) is 4.79 Å². The van der Waals surface area contributed by atoms with Gasteiger partial charge in [0, 0.05) is 13.3 Å². The van der Waals surface area contributed by atoms with Crippen molar-refractivity contribution >= 4 is 29.7 Å². The van der Waals surface area contributed by atoms with Crippen molar-refractivity contribution in [2.75, 3.05) is 20.3 Å². The van der Waals surface area contributed by atoms with Crippen molar-refractivity contribution in [3.05, 3.63) is 55.1 Å². The number of rotatable bonds is 17. The first-order valence-corrected chi connectivity index (χ1v) is 12.1. The van der Waals surface area contributed by atoms with Gasteiger partial charge in [0.25, 0.3) is 0 Å². The smallest absolute Gasteiger partial charge is 0.338 e. The molecule has 0 aromatic heterocycles. The zero-order chi connectivity index (χ0) is 28.5. The van der Waals surface area contributed by atoms with Gasteiger partial charge in [0.1, 0.15) is 30.5 Å². The highest BCUT2D eigenvalue weighted by Crippen LogP contribution is 2.14. The van der Waals surface area contributed by atoms with Crippen LogP contribution in [0.25, 0.3) is 0 Å². The van der Waals surface area contributed by atoms with E-state index in [1.807, 2.05) is 0 Å². The summed E-state index contributed by atoms with van der Waals surface area (Å²) in [7, 11) is 1.21. The van der Waals surface area contributed by atoms with Crippen molar-refractivity contribution < 1.29 is 46.1 Å². The zero-order valence-corrected chi connectivity index (χ0v) is 23.1. The maximum absolute atomic E-state index is 13.2. The second-order valence-corrected chi connectivity index (χ2v) is 8.40. The van der Waals surface area contributed by atoms with Crippen molar-refractivity contribution in [3.8, 4) is 5.75 Å². The first-order valence-electron chi connectivity index (χ1n) is 12.1. The molecular formula is C26H39ClN6O6. The summed E-state index contributed by atoms with van der Waals surface area (Å²) in [5.41, 5.74) is 11.6. The molecule has 0 radical (unpaired) electrons. The van der Waals surface area contributed by atoms with Gasteiger partial charge in [0.05, 0.1) is 13.7 Å². The van der Waals surface area contributed by atoms with E-state index in [1.54, 1.807) is 30.3 Å². The van der Waals surface area contributed by atoms with Gasteiger partial charge in [0.15, 0.2) is 0 Å². The average Bonchev–Trinajstić information content (AvgIpc) is 2.88. The minimum Gasteiger partial charge on any atom is -1.00 e. The summed E-state index contributed by atoms with van der Waals surface area (Å²) >= 11 is 0. The highest BCUT2D eigenvalue weighted by molar-refractivity contribution is 5.93. The summed E-state index contributed by atoms with van der Waals surface area (Å²) in [6.45, 7) is 9.20. The Morgan fingerprint density at radius 2 is 1.59 bits per heavy atom. The fourth-order valence-electron chi connectivity index (χ4n) is 3.44. The van der Waals surface area contributed by atoms with Crippen LogP contribution in [0.2, 0.25) is 0 Å². The fraction of sp³-hybridized carbons (Fsp3) is 0.423. The van der Waals surface area contributed by atoms with Gasteiger partial charge in [-0.2, -0.15) is 0 Å². The number of carbonyl (C=O) groups excluding carboxylic acids is 4. The van der Waals surface area contributed by atoms with Crippen LogP contribution < -0.4 is 49.6 Å². The van der Waals surface area contributed by atoms with Crippen molar-refractivity contribution in [2.45, 2.75) is 50.7 Å². The van der Waals surface area contributed by atoms with Gasteiger partial charge in [-0.3, -0.25) is 30.8 Å². The third kappa shape index (κ3) is 13.9. The Morgan fingerprint density at radius 1 is 0.974 bits per heavy atom. The molecule has 13 heteroatoms. The number of hydrogen-bond donors (Lipinski definition) is 6. The molecule has 216 valence electrons. The van der Waals surface area contributed by atoms with E-state index in [-0.39, 0.29) is 37.6 Å². The number of methoxy groups -OCH3 is 1. The SMILES string of the molecule is C=CCOc1ccc(C[C@H](NC(C)=O)C(=O)N[C@H](CCC[NH+]=C(N)N)C(=O)N[C@H](CC=C)C(=O)OC)cc1.[Cl-]. The summed E-state index contributed by atoms with van der Waals surface area (Å²) in [4.78, 5) is 53.0. The molecule has 0 unspecified atom stereocenters. The Bertz CT molecular complexity index is 997. The van der Waals surface area contributed by atoms with Crippen LogP contribution in [0.3, 0.4) is 0 Å². The maximum atomic E-state index is 13.2. The van der Waals surface area contributed by atoms with Crippen LogP contribution in [0.15, 0.2) is 49.6 Å². The lowest BCUT2D eigenvalue weighted by atomic mass is 10.0. The minimum absolute atomic E-state index is 0. The van der Waals surface area contributed by atoms with Crippen molar-refractivity contribution in [1.29, 1.82) is 0 Å². The molecule has 0 aliphatic carbocycles. The lowest BCUT2D eigenvalue weighted by molar-refractivity contribution is -0.459. The molecule has 0 aliphatic heterocycles. The Kier molecular flexibility index (Phi) is 17.1. The normalized spacial score (nSPS) is 12.3. The molecular weight excluding hydrogens is 528 g/mol. The Morgan fingerprint density at radius 3 is 2.13 bits per heavy atom. The van der Waals surface area contributed by atoms with Gasteiger partial charge >= 0.3 is 11.9 Å². The predicted molar refractivity (Wildman–Crippen MR) is 143 cm³/mol. The second-order valence-electron chi connectivity index (χ2n) is 8.40. The number of hydrogen-bond acceptors (Lipinski definition) is 6. The number of nitrogens with two attached hydrogens (primary N) is 2. The van der Waals surface area contributed by atoms with Gasteiger partial charge in [-0.1, -0.05) is 30.9 Å². The topological polar surface area (TPSA) is 189 Å². The molecule has 8 N–H and O–H groups in total. The lowest BCUT2D eigenvalue weighted by Crippen LogP contribution is -3.00. The van der Waals surface area contributed by atoms with Crippen LogP contribution in [0.5, 0.6) is 5.75 Å². The zero-order valence-electron chi connectivity index (χ0n) is 22.3. The predicted octanol–water partition coefficient (Wildman–Crippen LogP) is -4.84. The standard InChI is InChI=1S/C26H38N6O6.ClH/c1-5-8-21(25(36)37-4)32-23(34)20(9-7-14-29-26(27)28)31-24(35)22(30-17(3)33)16-18-10-12-19(13-11-18)38-15-6-2;/h5-6,10-13,20-22H,1-2,7-9,14-16H2,3-4H3,(H,30,33)(H,31,35)(H,32,34)(H4,27,28,29);1H/t20-,21-,22+;/m1./s1. The van der Waals surface area contributed by atoms with Crippen molar-refractivity contribution in [3.63, 3.8) is 0 Å². The van der Waals surface area contributed by atoms with E-state index >= 15 is 0 Å². The summed E-state index contributed by atoms with van der Waals surface area (Å²) in [6.07, 6.45) is 4.02. The number of esters is 1. The molecule has 0 saturated carbocycles. The van der Waals surface area contributed by atoms with Gasteiger partial charge in [-0.15, -0.1) is 6.58 Å². The number of nitrogens with one attached hydrogen (secondary N) is 4. The molecule has 0 aliphatic rings. The van der Waals surface area contributed by atoms with Gasteiger partial charge in [0.2, 0.25) is 17.7 Å². The van der Waals surface area contributed by atoms with E-state index in [2.05, 4.69) is 34.1 Å². The average molecular weight is 567 g/mol. The van der Waals surface area contributed by atoms with Crippen molar-refractivity contribution in [1.82, 2.24) is 16.0 Å². The monoisotopic (exact) mass is 566 g/mol. The molecule has 3 atom stereocenters. The number of carbonyl (C=O) groups is 4. The van der Waals surface area contributed by atoms with Crippen LogP contribution in [-0.4, -0.2) is 68.0 Å². The van der Waals surface area contributed by atoms with Crippen LogP contribution in [0, 0.1) is 0 Å². The van der Waals surface area contributed by atoms with Crippen LogP contribution >= 0.6 is 0 Å². The van der Waals surface area contributed by atoms with Gasteiger partial charge in [-0.05, 0) is 37.0 Å². The maximum Gasteiger partial charge on any atom is 0.338 e. The van der Waals surface area contributed by atoms with Crippen LogP contribution in [0.1, 0.15) is 31.7 Å². The van der Waals surface area contributed by atoms with Crippen LogP contribution in [-0.2, 0) is 30.3 Å². The third-order valence-corrected chi connectivity index (χ3v) is 5.26. The number of halogens is 1. The number of guanidine groups is 1. The first kappa shape index (κ1) is 34.9. The largest absolute Gasteiger partial charge is 1.00 e. The summed E-state index contributed by atoms with van der Waals surface area (Å²) in [5, 5.41) is 7.92. The number of ether oxygens (including phenoxy) is 2. The number of amides is 3. The number of benzene rings is 1. The molecule has 0 heterocycles. The Labute approximate surface area is 235 Å². The van der Waals surface area contributed by atoms with E-state index in [0.29, 0.717) is 25.3 Å². The highest BCUT2D eigenvalue weighted by Gasteiger charge is 2.29. The molecule has 0 fully saturated rings. The summed E-state index contributed by atoms with van der Waals surface area (Å²) < 4.78 is 10.2. The van der Waals surface area contributed by atoms with E-state index in [9.17, 15) is 19.2 Å². The molecule has 39 heavy (non-hydrogen) atoms. The third-order valence-electron chi connectivity index (χ3n) is 5.26. The molecule has 1 rings (SSSR count). The molecule has 0 spiro atoms. The highest BCUT2D eigenvalue weighted by atomic mass is 35.5. The molecule has 1 aromatic rings. The van der Waals surface area contributed by atoms with Gasteiger partial charge < -0.3 is 37.8 Å². The van der Waals surface area contributed by atoms with Crippen molar-refractivity contribution in [2.24, 2.45) is 11.5 Å².